The van der Waals surface area contributed by atoms with E-state index in [-0.39, 0.29) is 9.79 Å². The normalized spacial score (nSPS) is 11.2. The number of benzene rings is 4. The summed E-state index contributed by atoms with van der Waals surface area (Å²) in [6, 6.07) is 23.1. The largest absolute Gasteiger partial charge is 0.457 e. The number of anilines is 2. The molecular formula is C25H21BrN2O4S. The smallest absolute Gasteiger partial charge is 0.206 e. The summed E-state index contributed by atoms with van der Waals surface area (Å²) in [4.78, 5) is 0.323. The molecule has 0 aliphatic heterocycles. The number of sulfone groups is 1. The van der Waals surface area contributed by atoms with Gasteiger partial charge in [-0.1, -0.05) is 22.0 Å². The second kappa shape index (κ2) is 9.17. The summed E-state index contributed by atoms with van der Waals surface area (Å²) < 4.78 is 38.6. The Labute approximate surface area is 200 Å². The van der Waals surface area contributed by atoms with E-state index < -0.39 is 9.84 Å². The average Bonchev–Trinajstić information content (AvgIpc) is 2.80. The van der Waals surface area contributed by atoms with Crippen molar-refractivity contribution in [3.63, 3.8) is 0 Å². The topological polar surface area (TPSA) is 105 Å². The molecule has 8 heteroatoms. The highest BCUT2D eigenvalue weighted by Gasteiger charge is 2.18. The predicted molar refractivity (Wildman–Crippen MR) is 133 cm³/mol. The van der Waals surface area contributed by atoms with Gasteiger partial charge in [0, 0.05) is 16.1 Å². The molecule has 0 aromatic heterocycles. The van der Waals surface area contributed by atoms with Crippen LogP contribution in [-0.4, -0.2) is 8.42 Å². The van der Waals surface area contributed by atoms with Gasteiger partial charge >= 0.3 is 0 Å². The highest BCUT2D eigenvalue weighted by Crippen LogP contribution is 2.32. The quantitative estimate of drug-likeness (QED) is 0.285. The van der Waals surface area contributed by atoms with Gasteiger partial charge in [0.2, 0.25) is 9.84 Å². The van der Waals surface area contributed by atoms with E-state index in [1.165, 1.54) is 24.3 Å². The number of nitrogens with two attached hydrogens (primary N) is 2. The zero-order valence-electron chi connectivity index (χ0n) is 17.7. The summed E-state index contributed by atoms with van der Waals surface area (Å²) in [6.45, 7) is 1.94. The van der Waals surface area contributed by atoms with Gasteiger partial charge in [0.25, 0.3) is 0 Å². The van der Waals surface area contributed by atoms with Crippen LogP contribution < -0.4 is 20.9 Å². The molecular weight excluding hydrogens is 504 g/mol. The van der Waals surface area contributed by atoms with Crippen LogP contribution in [0.2, 0.25) is 0 Å². The van der Waals surface area contributed by atoms with Crippen LogP contribution >= 0.6 is 15.9 Å². The molecule has 0 bridgehead atoms. The molecule has 0 fully saturated rings. The first-order valence-electron chi connectivity index (χ1n) is 9.95. The van der Waals surface area contributed by atoms with E-state index in [2.05, 4.69) is 15.9 Å². The lowest BCUT2D eigenvalue weighted by Crippen LogP contribution is -2.02. The van der Waals surface area contributed by atoms with E-state index in [9.17, 15) is 8.42 Å². The molecule has 0 amide bonds. The van der Waals surface area contributed by atoms with Gasteiger partial charge in [0.15, 0.2) is 0 Å². The third-order valence-corrected chi connectivity index (χ3v) is 7.65. The Hall–Kier alpha value is -3.49. The van der Waals surface area contributed by atoms with Crippen molar-refractivity contribution < 1.29 is 17.9 Å². The molecule has 0 spiro atoms. The summed E-state index contributed by atoms with van der Waals surface area (Å²) in [5.41, 5.74) is 13.3. The van der Waals surface area contributed by atoms with Gasteiger partial charge in [-0.15, -0.1) is 0 Å². The molecule has 0 unspecified atom stereocenters. The Bertz CT molecular complexity index is 1400. The molecule has 0 saturated heterocycles. The van der Waals surface area contributed by atoms with E-state index in [4.69, 9.17) is 20.9 Å². The van der Waals surface area contributed by atoms with Crippen LogP contribution in [0.3, 0.4) is 0 Å². The molecule has 0 atom stereocenters. The number of hydrogen-bond acceptors (Lipinski definition) is 6. The van der Waals surface area contributed by atoms with Crippen molar-refractivity contribution in [3.05, 3.63) is 95.0 Å². The van der Waals surface area contributed by atoms with Crippen LogP contribution in [0.1, 0.15) is 5.56 Å². The molecule has 0 aliphatic carbocycles. The van der Waals surface area contributed by atoms with Crippen LogP contribution in [0.25, 0.3) is 0 Å². The fraction of sp³-hybridized carbons (Fsp3) is 0.0400. The minimum Gasteiger partial charge on any atom is -0.457 e. The van der Waals surface area contributed by atoms with Gasteiger partial charge in [-0.05, 0) is 79.7 Å². The summed E-state index contributed by atoms with van der Waals surface area (Å²) in [5, 5.41) is 0. The van der Waals surface area contributed by atoms with Gasteiger partial charge in [-0.3, -0.25) is 0 Å². The third-order valence-electron chi connectivity index (χ3n) is 5.01. The molecule has 0 aliphatic rings. The fourth-order valence-corrected chi connectivity index (χ4v) is 4.70. The first-order valence-corrected chi connectivity index (χ1v) is 12.2. The zero-order chi connectivity index (χ0) is 23.6. The third kappa shape index (κ3) is 4.97. The first kappa shape index (κ1) is 22.7. The highest BCUT2D eigenvalue weighted by molar-refractivity contribution is 9.10. The molecule has 6 nitrogen and oxygen atoms in total. The molecule has 4 rings (SSSR count). The van der Waals surface area contributed by atoms with E-state index in [1.54, 1.807) is 42.5 Å². The van der Waals surface area contributed by atoms with Crippen LogP contribution in [0.5, 0.6) is 23.0 Å². The number of rotatable bonds is 6. The van der Waals surface area contributed by atoms with E-state index >= 15 is 0 Å². The summed E-state index contributed by atoms with van der Waals surface area (Å²) in [6.07, 6.45) is 0. The van der Waals surface area contributed by atoms with Crippen LogP contribution in [0.15, 0.2) is 99.2 Å². The monoisotopic (exact) mass is 524 g/mol. The van der Waals surface area contributed by atoms with Crippen LogP contribution in [0, 0.1) is 6.92 Å². The lowest BCUT2D eigenvalue weighted by Gasteiger charge is -2.11. The first-order chi connectivity index (χ1) is 15.7. The van der Waals surface area contributed by atoms with Crippen molar-refractivity contribution in [1.82, 2.24) is 0 Å². The maximum atomic E-state index is 13.0. The summed E-state index contributed by atoms with van der Waals surface area (Å²) in [5.74, 6) is 2.22. The van der Waals surface area contributed by atoms with Crippen molar-refractivity contribution in [2.45, 2.75) is 16.7 Å². The van der Waals surface area contributed by atoms with Crippen molar-refractivity contribution >= 4 is 37.1 Å². The highest BCUT2D eigenvalue weighted by atomic mass is 79.9. The van der Waals surface area contributed by atoms with Crippen molar-refractivity contribution in [2.75, 3.05) is 11.5 Å². The molecule has 4 aromatic carbocycles. The molecule has 168 valence electrons. The predicted octanol–water partition coefficient (Wildman–Crippen LogP) is 6.34. The Balaban J connectivity index is 1.50. The van der Waals surface area contributed by atoms with Crippen molar-refractivity contribution in [2.24, 2.45) is 0 Å². The van der Waals surface area contributed by atoms with E-state index in [1.807, 2.05) is 25.1 Å². The Morgan fingerprint density at radius 2 is 1.24 bits per heavy atom. The Kier molecular flexibility index (Phi) is 6.31. The summed E-state index contributed by atoms with van der Waals surface area (Å²) >= 11 is 3.47. The standard InChI is InChI=1S/C25H21BrN2O4S/c1-16-22(26)3-2-4-25(16)32-18-7-12-21(13-8-18)33(29,30)20-10-5-17(6-11-20)31-19-9-14-23(27)24(28)15-19/h2-15H,27-28H2,1H3. The second-order valence-corrected chi connectivity index (χ2v) is 10.1. The summed E-state index contributed by atoms with van der Waals surface area (Å²) in [7, 11) is -3.70. The average molecular weight is 525 g/mol. The fourth-order valence-electron chi connectivity index (χ4n) is 3.09. The van der Waals surface area contributed by atoms with Crippen LogP contribution in [0.4, 0.5) is 11.4 Å². The maximum absolute atomic E-state index is 13.0. The second-order valence-electron chi connectivity index (χ2n) is 7.30. The molecule has 0 heterocycles. The minimum atomic E-state index is -3.70. The van der Waals surface area contributed by atoms with Gasteiger partial charge in [0.05, 0.1) is 21.2 Å². The van der Waals surface area contributed by atoms with Gasteiger partial charge in [-0.2, -0.15) is 0 Å². The lowest BCUT2D eigenvalue weighted by atomic mass is 10.2. The molecule has 33 heavy (non-hydrogen) atoms. The van der Waals surface area contributed by atoms with Crippen LogP contribution in [-0.2, 0) is 9.84 Å². The number of hydrogen-bond donors (Lipinski definition) is 2. The molecule has 0 radical (unpaired) electrons. The van der Waals surface area contributed by atoms with Gasteiger partial charge in [-0.25, -0.2) is 8.42 Å². The number of nitrogen functional groups attached to an aromatic ring is 2. The Morgan fingerprint density at radius 3 is 1.82 bits per heavy atom. The van der Waals surface area contributed by atoms with Crippen molar-refractivity contribution in [1.29, 1.82) is 0 Å². The SMILES string of the molecule is Cc1c(Br)cccc1Oc1ccc(S(=O)(=O)c2ccc(Oc3ccc(N)c(N)c3)cc2)cc1. The zero-order valence-corrected chi connectivity index (χ0v) is 20.1. The maximum Gasteiger partial charge on any atom is 0.206 e. The van der Waals surface area contributed by atoms with E-state index in [0.29, 0.717) is 34.4 Å². The lowest BCUT2D eigenvalue weighted by molar-refractivity contribution is 0.478. The Morgan fingerprint density at radius 1 is 0.697 bits per heavy atom. The molecule has 4 aromatic rings. The van der Waals surface area contributed by atoms with Gasteiger partial charge in [0.1, 0.15) is 23.0 Å². The minimum absolute atomic E-state index is 0.156. The molecule has 4 N–H and O–H groups in total. The van der Waals surface area contributed by atoms with Crippen molar-refractivity contribution in [3.8, 4) is 23.0 Å². The van der Waals surface area contributed by atoms with Gasteiger partial charge < -0.3 is 20.9 Å². The van der Waals surface area contributed by atoms with E-state index in [0.717, 1.165) is 10.0 Å². The number of halogens is 1. The number of ether oxygens (including phenoxy) is 2. The molecule has 0 saturated carbocycles.